The second-order valence-corrected chi connectivity index (χ2v) is 7.87. The van der Waals surface area contributed by atoms with E-state index >= 15 is 0 Å². The monoisotopic (exact) mass is 483 g/mol. The molecule has 1 radical (unpaired) electrons. The summed E-state index contributed by atoms with van der Waals surface area (Å²) in [6.07, 6.45) is 7.18. The molecule has 0 saturated heterocycles. The molecule has 0 fully saturated rings. The van der Waals surface area contributed by atoms with E-state index in [1.54, 1.807) is 24.4 Å². The number of nitrogens with two attached hydrogens (primary N) is 2. The van der Waals surface area contributed by atoms with E-state index in [0.717, 1.165) is 63.4 Å². The number of hydrogen-bond acceptors (Lipinski definition) is 8. The normalized spacial score (nSPS) is 12.6. The molecular weight excluding hydrogens is 447 g/mol. The average Bonchev–Trinajstić information content (AvgIpc) is 2.75. The zero-order valence-corrected chi connectivity index (χ0v) is 19.7. The fourth-order valence-electron chi connectivity index (χ4n) is 2.33. The molecular formula is C20H36AsN6O3. The molecule has 0 spiro atoms. The number of ether oxygens (including phenoxy) is 2. The van der Waals surface area contributed by atoms with Crippen LogP contribution in [-0.4, -0.2) is 71.4 Å². The number of aliphatic imine (C=N–C) groups is 1. The fraction of sp³-hybridized carbons (Fsp3) is 0.600. The number of aliphatic hydroxyl groups excluding tert-OH is 1. The summed E-state index contributed by atoms with van der Waals surface area (Å²) in [5, 5.41) is 12.4. The molecule has 9 nitrogen and oxygen atoms in total. The molecule has 169 valence electrons. The molecule has 0 bridgehead atoms. The van der Waals surface area contributed by atoms with Crippen LogP contribution in [0.2, 0.25) is 5.71 Å². The van der Waals surface area contributed by atoms with E-state index in [0.29, 0.717) is 24.8 Å². The number of aromatic nitrogens is 1. The van der Waals surface area contributed by atoms with E-state index in [1.807, 2.05) is 0 Å². The summed E-state index contributed by atoms with van der Waals surface area (Å²) in [7, 11) is 0. The molecule has 1 aromatic heterocycles. The standard InChI is InChI=1S/C20H36AsN6O3/c1-21-27-20(14-18(23)26-19-7-6-17(16-28)15-25-19)24-9-5-13-30-11-3-2-10-29-12-4-8-22/h6-7,14-15,24,27-28H,2-5,8-13,16,22H2,1H3,(H2,23,25,26)/b20-14-. The predicted octanol–water partition coefficient (Wildman–Crippen LogP) is 0.803. The van der Waals surface area contributed by atoms with Crippen LogP contribution in [0.4, 0.5) is 5.82 Å². The minimum absolute atomic E-state index is 0.0232. The van der Waals surface area contributed by atoms with Gasteiger partial charge in [0.05, 0.1) is 0 Å². The van der Waals surface area contributed by atoms with Gasteiger partial charge in [-0.1, -0.05) is 0 Å². The molecule has 7 N–H and O–H groups in total. The van der Waals surface area contributed by atoms with Crippen LogP contribution >= 0.6 is 0 Å². The van der Waals surface area contributed by atoms with Crippen molar-refractivity contribution in [2.45, 2.75) is 38.0 Å². The van der Waals surface area contributed by atoms with Crippen LogP contribution in [0.25, 0.3) is 0 Å². The average molecular weight is 483 g/mol. The summed E-state index contributed by atoms with van der Waals surface area (Å²) >= 11 is -0.0232. The van der Waals surface area contributed by atoms with E-state index in [2.05, 4.69) is 25.2 Å². The quantitative estimate of drug-likeness (QED) is 0.0894. The van der Waals surface area contributed by atoms with Crippen molar-refractivity contribution in [3.63, 3.8) is 0 Å². The Hall–Kier alpha value is -1.64. The van der Waals surface area contributed by atoms with Gasteiger partial charge in [-0.05, 0) is 13.0 Å². The second kappa shape index (κ2) is 18.2. The Kier molecular flexibility index (Phi) is 16.0. The molecule has 0 aromatic carbocycles. The third-order valence-corrected chi connectivity index (χ3v) is 4.84. The molecule has 0 aliphatic carbocycles. The summed E-state index contributed by atoms with van der Waals surface area (Å²) in [5.74, 6) is 1.71. The number of nitrogens with one attached hydrogen (secondary N) is 2. The van der Waals surface area contributed by atoms with Gasteiger partial charge in [-0.3, -0.25) is 0 Å². The van der Waals surface area contributed by atoms with Gasteiger partial charge in [0.25, 0.3) is 0 Å². The van der Waals surface area contributed by atoms with Gasteiger partial charge in [-0.15, -0.1) is 0 Å². The Morgan fingerprint density at radius 3 is 2.47 bits per heavy atom. The number of aliphatic hydroxyl groups is 1. The molecule has 0 unspecified atom stereocenters. The first-order valence-corrected chi connectivity index (χ1v) is 13.1. The molecule has 0 aliphatic heterocycles. The Labute approximate surface area is 186 Å². The van der Waals surface area contributed by atoms with Gasteiger partial charge in [-0.2, -0.15) is 0 Å². The van der Waals surface area contributed by atoms with E-state index < -0.39 is 0 Å². The summed E-state index contributed by atoms with van der Waals surface area (Å²) in [5.41, 5.74) is 14.3. The van der Waals surface area contributed by atoms with Gasteiger partial charge in [-0.25, -0.2) is 0 Å². The maximum atomic E-state index is 9.06. The fourth-order valence-corrected chi connectivity index (χ4v) is 3.13. The van der Waals surface area contributed by atoms with Crippen LogP contribution in [-0.2, 0) is 16.1 Å². The Morgan fingerprint density at radius 1 is 1.17 bits per heavy atom. The topological polar surface area (TPSA) is 140 Å². The van der Waals surface area contributed by atoms with Gasteiger partial charge in [0.1, 0.15) is 0 Å². The van der Waals surface area contributed by atoms with Crippen molar-refractivity contribution in [3.8, 4) is 0 Å². The Morgan fingerprint density at radius 2 is 1.87 bits per heavy atom. The van der Waals surface area contributed by atoms with Crippen LogP contribution in [0.3, 0.4) is 0 Å². The van der Waals surface area contributed by atoms with Crippen LogP contribution in [0.1, 0.15) is 31.2 Å². The van der Waals surface area contributed by atoms with Gasteiger partial charge in [0, 0.05) is 6.61 Å². The van der Waals surface area contributed by atoms with Gasteiger partial charge in [0.15, 0.2) is 0 Å². The summed E-state index contributed by atoms with van der Waals surface area (Å²) in [6.45, 7) is 4.39. The van der Waals surface area contributed by atoms with E-state index in [9.17, 15) is 0 Å². The molecule has 0 amide bonds. The molecule has 0 saturated carbocycles. The zero-order valence-electron chi connectivity index (χ0n) is 17.8. The second-order valence-electron chi connectivity index (χ2n) is 6.47. The first-order valence-electron chi connectivity index (χ1n) is 10.3. The molecule has 10 heteroatoms. The molecule has 1 heterocycles. The number of hydrogen-bond donors (Lipinski definition) is 5. The predicted molar refractivity (Wildman–Crippen MR) is 121 cm³/mol. The molecule has 1 aromatic rings. The van der Waals surface area contributed by atoms with E-state index in [-0.39, 0.29) is 22.6 Å². The van der Waals surface area contributed by atoms with Crippen molar-refractivity contribution < 1.29 is 14.6 Å². The summed E-state index contributed by atoms with van der Waals surface area (Å²) in [6, 6.07) is 3.49. The number of amidine groups is 1. The number of rotatable bonds is 18. The van der Waals surface area contributed by atoms with Gasteiger partial charge < -0.3 is 5.73 Å². The summed E-state index contributed by atoms with van der Waals surface area (Å²) in [4.78, 5) is 8.44. The Bertz CT molecular complexity index is 613. The van der Waals surface area contributed by atoms with Gasteiger partial charge >= 0.3 is 161 Å². The van der Waals surface area contributed by atoms with E-state index in [1.165, 1.54) is 0 Å². The first-order chi connectivity index (χ1) is 14.7. The number of unbranched alkanes of at least 4 members (excludes halogenated alkanes) is 1. The van der Waals surface area contributed by atoms with Gasteiger partial charge in [0.2, 0.25) is 0 Å². The van der Waals surface area contributed by atoms with Crippen LogP contribution in [0.15, 0.2) is 35.2 Å². The van der Waals surface area contributed by atoms with Crippen molar-refractivity contribution >= 4 is 27.6 Å². The van der Waals surface area contributed by atoms with Crippen molar-refractivity contribution in [3.05, 3.63) is 35.8 Å². The zero-order chi connectivity index (χ0) is 21.9. The molecule has 0 atom stereocenters. The minimum atomic E-state index is -0.0443. The van der Waals surface area contributed by atoms with Crippen LogP contribution < -0.4 is 21.0 Å². The summed E-state index contributed by atoms with van der Waals surface area (Å²) < 4.78 is 14.4. The third kappa shape index (κ3) is 13.6. The number of pyridine rings is 1. The maximum absolute atomic E-state index is 9.06. The SMILES string of the molecule is C[As]N/C(=C\C(N)=Nc1ccc(CO)cn1)NCCCOCCCCOCCCN. The first kappa shape index (κ1) is 26.4. The van der Waals surface area contributed by atoms with Crippen molar-refractivity contribution in [2.75, 3.05) is 39.5 Å². The smallest absolute Gasteiger partial charge is 0.330 e. The van der Waals surface area contributed by atoms with Crippen LogP contribution in [0.5, 0.6) is 0 Å². The number of nitrogens with zero attached hydrogens (tertiary/aromatic N) is 2. The molecule has 1 rings (SSSR count). The third-order valence-electron chi connectivity index (χ3n) is 3.86. The van der Waals surface area contributed by atoms with Crippen molar-refractivity contribution in [1.82, 2.24) is 14.5 Å². The van der Waals surface area contributed by atoms with E-state index in [4.69, 9.17) is 26.0 Å². The Balaban J connectivity index is 2.24. The van der Waals surface area contributed by atoms with Crippen LogP contribution in [0, 0.1) is 0 Å². The van der Waals surface area contributed by atoms with Crippen molar-refractivity contribution in [1.29, 1.82) is 0 Å². The van der Waals surface area contributed by atoms with Crippen molar-refractivity contribution in [2.24, 2.45) is 16.5 Å². The molecule has 0 aliphatic rings. The minimum Gasteiger partial charge on any atom is -0.330 e. The molecule has 30 heavy (non-hydrogen) atoms.